The number of aliphatic hydroxyl groups is 4. The lowest BCUT2D eigenvalue weighted by Gasteiger charge is -2.40. The third kappa shape index (κ3) is 4.30. The number of hydrogen-bond donors (Lipinski definition) is 8. The first-order valence-electron chi connectivity index (χ1n) is 13.4. The molecule has 18 nitrogen and oxygen atoms in total. The minimum atomic E-state index is -0.896. The fraction of sp³-hybridized carbons (Fsp3) is 0.609. The molecule has 0 radical (unpaired) electrons. The fourth-order valence-electron chi connectivity index (χ4n) is 5.88. The Labute approximate surface area is 230 Å². The number of nitrogens with zero attached hydrogens (tertiary/aromatic N) is 6. The Morgan fingerprint density at radius 3 is 2.51 bits per heavy atom. The van der Waals surface area contributed by atoms with Crippen molar-refractivity contribution in [3.63, 3.8) is 0 Å². The van der Waals surface area contributed by atoms with Gasteiger partial charge in [-0.2, -0.15) is 4.98 Å². The number of hydrogen-bond acceptors (Lipinski definition) is 14. The van der Waals surface area contributed by atoms with Crippen molar-refractivity contribution in [1.82, 2.24) is 34.0 Å². The Bertz CT molecular complexity index is 1610. The highest BCUT2D eigenvalue weighted by atomic mass is 16.5. The predicted molar refractivity (Wildman–Crippen MR) is 140 cm³/mol. The first-order valence-corrected chi connectivity index (χ1v) is 13.4. The van der Waals surface area contributed by atoms with Crippen LogP contribution in [0.5, 0.6) is 0 Å². The number of aromatic nitrogens is 6. The zero-order valence-corrected chi connectivity index (χ0v) is 21.7. The highest BCUT2D eigenvalue weighted by molar-refractivity contribution is 5.96. The molecule has 2 fully saturated rings. The van der Waals surface area contributed by atoms with Gasteiger partial charge in [0.1, 0.15) is 36.6 Å². The Balaban J connectivity index is 1.14. The van der Waals surface area contributed by atoms with Gasteiger partial charge in [0.15, 0.2) is 11.2 Å². The lowest BCUT2D eigenvalue weighted by atomic mass is 10.2. The maximum atomic E-state index is 12.9. The first-order chi connectivity index (χ1) is 19.8. The van der Waals surface area contributed by atoms with Crippen LogP contribution in [0, 0.1) is 0 Å². The van der Waals surface area contributed by atoms with E-state index >= 15 is 0 Å². The summed E-state index contributed by atoms with van der Waals surface area (Å²) in [5.41, 5.74) is 0.0720. The van der Waals surface area contributed by atoms with Crippen LogP contribution in [-0.2, 0) is 16.0 Å². The average Bonchev–Trinajstić information content (AvgIpc) is 3.71. The molecule has 0 bridgehead atoms. The van der Waals surface area contributed by atoms with E-state index < -0.39 is 48.1 Å². The van der Waals surface area contributed by atoms with Crippen molar-refractivity contribution >= 4 is 28.9 Å². The van der Waals surface area contributed by atoms with Crippen LogP contribution in [0.25, 0.3) is 11.2 Å². The first kappa shape index (κ1) is 26.1. The molecule has 0 aromatic carbocycles. The van der Waals surface area contributed by atoms with E-state index in [4.69, 9.17) is 9.47 Å². The molecule has 18 heteroatoms. The number of nitrogens with one attached hydrogen (secondary N) is 4. The van der Waals surface area contributed by atoms with Gasteiger partial charge >= 0.3 is 5.69 Å². The summed E-state index contributed by atoms with van der Waals surface area (Å²) in [6, 6.07) is 0. The van der Waals surface area contributed by atoms with Gasteiger partial charge in [-0.05, 0) is 0 Å². The van der Waals surface area contributed by atoms with Crippen LogP contribution in [-0.4, -0.2) is 111 Å². The van der Waals surface area contributed by atoms with Crippen LogP contribution < -0.4 is 21.9 Å². The van der Waals surface area contributed by atoms with Crippen molar-refractivity contribution in [2.24, 2.45) is 4.99 Å². The number of imidazole rings is 2. The summed E-state index contributed by atoms with van der Waals surface area (Å²) in [7, 11) is 0. The molecule has 3 aromatic heterocycles. The normalized spacial score (nSPS) is 31.2. The summed E-state index contributed by atoms with van der Waals surface area (Å²) in [5, 5.41) is 45.7. The van der Waals surface area contributed by atoms with Crippen LogP contribution in [0.15, 0.2) is 20.9 Å². The summed E-state index contributed by atoms with van der Waals surface area (Å²) >= 11 is 0. The van der Waals surface area contributed by atoms with Crippen molar-refractivity contribution < 1.29 is 29.9 Å². The van der Waals surface area contributed by atoms with Gasteiger partial charge in [0, 0.05) is 25.8 Å². The molecule has 220 valence electrons. The van der Waals surface area contributed by atoms with Crippen molar-refractivity contribution in [1.29, 1.82) is 0 Å². The molecule has 8 N–H and O–H groups in total. The smallest absolute Gasteiger partial charge is 0.329 e. The number of guanidine groups is 1. The van der Waals surface area contributed by atoms with Gasteiger partial charge in [-0.3, -0.25) is 23.9 Å². The molecular weight excluding hydrogens is 544 g/mol. The molecule has 4 aliphatic heterocycles. The SMILES string of the molecule is O=c1[nH]c(NC2CCN=C3Nc4c([nH]c(=O)n4[C@@H]4C[C@H](O)[C@@H](CO)O4)CN32)nc2c1ncn2[C@H]1C[C@H](O)[C@@H](CO)O1. The molecule has 2 saturated heterocycles. The summed E-state index contributed by atoms with van der Waals surface area (Å²) in [6.45, 7) is 0.0323. The standard InChI is InChI=1S/C23H30N10O8/c34-6-12-10(36)3-15(40-12)32-8-25-17-19(32)28-21(30-20(17)38)27-14-1-2-24-22-29-18-9(5-31(14)22)26-23(39)33(18)16-4-11(37)13(7-35)41-16/h8,10-16,34-37H,1-7H2,(H,24,29)(H,26,39)(H2,27,28,30,38)/t10-,11-,12+,13+,14?,15+,16-/m0/s1. The zero-order chi connectivity index (χ0) is 28.4. The van der Waals surface area contributed by atoms with Crippen LogP contribution in [0.3, 0.4) is 0 Å². The lowest BCUT2D eigenvalue weighted by Crippen LogP contribution is -2.52. The zero-order valence-electron chi connectivity index (χ0n) is 21.7. The van der Waals surface area contributed by atoms with Gasteiger partial charge in [-0.1, -0.05) is 0 Å². The number of aliphatic imine (C=N–C) groups is 1. The number of rotatable bonds is 6. The molecular formula is C23H30N10O8. The Morgan fingerprint density at radius 1 is 1.05 bits per heavy atom. The lowest BCUT2D eigenvalue weighted by molar-refractivity contribution is -0.0447. The van der Waals surface area contributed by atoms with Crippen molar-refractivity contribution in [2.75, 3.05) is 30.4 Å². The highest BCUT2D eigenvalue weighted by Gasteiger charge is 2.40. The van der Waals surface area contributed by atoms with E-state index in [0.717, 1.165) is 0 Å². The Morgan fingerprint density at radius 2 is 1.78 bits per heavy atom. The molecule has 0 saturated carbocycles. The van der Waals surface area contributed by atoms with Crippen LogP contribution in [0.4, 0.5) is 11.8 Å². The van der Waals surface area contributed by atoms with Crippen LogP contribution >= 0.6 is 0 Å². The molecule has 7 heterocycles. The summed E-state index contributed by atoms with van der Waals surface area (Å²) in [6.07, 6.45) is -2.68. The average molecular weight is 575 g/mol. The maximum Gasteiger partial charge on any atom is 0.329 e. The molecule has 7 atom stereocenters. The van der Waals surface area contributed by atoms with E-state index in [1.807, 2.05) is 4.90 Å². The van der Waals surface area contributed by atoms with E-state index in [9.17, 15) is 30.0 Å². The van der Waals surface area contributed by atoms with Gasteiger partial charge in [0.05, 0.1) is 44.0 Å². The Kier molecular flexibility index (Phi) is 6.32. The molecule has 0 amide bonds. The molecule has 7 rings (SSSR count). The van der Waals surface area contributed by atoms with Crippen molar-refractivity contribution in [3.05, 3.63) is 32.9 Å². The fourth-order valence-corrected chi connectivity index (χ4v) is 5.88. The Hall–Kier alpha value is -3.81. The molecule has 4 aliphatic rings. The number of ether oxygens (including phenoxy) is 2. The molecule has 3 aromatic rings. The van der Waals surface area contributed by atoms with Crippen molar-refractivity contribution in [3.8, 4) is 0 Å². The largest absolute Gasteiger partial charge is 0.394 e. The second-order valence-electron chi connectivity index (χ2n) is 10.5. The third-order valence-corrected chi connectivity index (χ3v) is 7.98. The highest BCUT2D eigenvalue weighted by Crippen LogP contribution is 2.34. The monoisotopic (exact) mass is 574 g/mol. The molecule has 1 unspecified atom stereocenters. The number of H-pyrrole nitrogens is 2. The molecule has 0 aliphatic carbocycles. The van der Waals surface area contributed by atoms with Crippen molar-refractivity contribution in [2.45, 2.75) is 68.8 Å². The summed E-state index contributed by atoms with van der Waals surface area (Å²) in [4.78, 5) is 46.5. The van der Waals surface area contributed by atoms with Gasteiger partial charge < -0.3 is 50.4 Å². The second-order valence-corrected chi connectivity index (χ2v) is 10.5. The van der Waals surface area contributed by atoms with Crippen LogP contribution in [0.2, 0.25) is 0 Å². The minimum Gasteiger partial charge on any atom is -0.394 e. The molecule has 41 heavy (non-hydrogen) atoms. The molecule has 0 spiro atoms. The number of anilines is 2. The summed E-state index contributed by atoms with van der Waals surface area (Å²) in [5.74, 6) is 1.16. The number of aliphatic hydroxyl groups excluding tert-OH is 4. The van der Waals surface area contributed by atoms with E-state index in [-0.39, 0.29) is 55.9 Å². The predicted octanol–water partition coefficient (Wildman–Crippen LogP) is -2.68. The van der Waals surface area contributed by atoms with Gasteiger partial charge in [0.25, 0.3) is 5.56 Å². The second kappa shape index (κ2) is 9.93. The van der Waals surface area contributed by atoms with Gasteiger partial charge in [-0.25, -0.2) is 9.78 Å². The number of aromatic amines is 2. The van der Waals surface area contributed by atoms with E-state index in [0.29, 0.717) is 30.4 Å². The van der Waals surface area contributed by atoms with Gasteiger partial charge in [-0.15, -0.1) is 0 Å². The minimum absolute atomic E-state index is 0.109. The van der Waals surface area contributed by atoms with E-state index in [2.05, 4.69) is 35.6 Å². The third-order valence-electron chi connectivity index (χ3n) is 7.98. The van der Waals surface area contributed by atoms with E-state index in [1.165, 1.54) is 10.9 Å². The quantitative estimate of drug-likeness (QED) is 0.150. The summed E-state index contributed by atoms with van der Waals surface area (Å²) < 4.78 is 14.4. The van der Waals surface area contributed by atoms with E-state index in [1.54, 1.807) is 4.57 Å². The van der Waals surface area contributed by atoms with Crippen LogP contribution in [0.1, 0.15) is 37.4 Å². The topological polar surface area (TPSA) is 240 Å². The number of fused-ring (bicyclic) bond motifs is 3. The van der Waals surface area contributed by atoms with Gasteiger partial charge in [0.2, 0.25) is 11.9 Å². The maximum absolute atomic E-state index is 12.9.